The van der Waals surface area contributed by atoms with Gasteiger partial charge in [-0.1, -0.05) is 0 Å². The largest absolute Gasteiger partial charge is 0.394 e. The molecule has 78 valence electrons. The molecule has 4 heteroatoms. The van der Waals surface area contributed by atoms with Crippen LogP contribution in [-0.2, 0) is 4.79 Å². The summed E-state index contributed by atoms with van der Waals surface area (Å²) in [5.74, 6) is -0.0125. The molecule has 0 spiro atoms. The molecule has 0 aromatic heterocycles. The molecule has 2 N–H and O–H groups in total. The Morgan fingerprint density at radius 2 is 2.08 bits per heavy atom. The van der Waals surface area contributed by atoms with Crippen molar-refractivity contribution in [2.75, 3.05) is 20.7 Å². The van der Waals surface area contributed by atoms with Gasteiger partial charge in [0.25, 0.3) is 0 Å². The molecule has 0 aromatic carbocycles. The highest BCUT2D eigenvalue weighted by Gasteiger charge is 2.28. The van der Waals surface area contributed by atoms with Crippen molar-refractivity contribution < 1.29 is 9.90 Å². The molecule has 0 aliphatic heterocycles. The average Bonchev–Trinajstić information content (AvgIpc) is 2.14. The van der Waals surface area contributed by atoms with Crippen molar-refractivity contribution in [1.29, 1.82) is 0 Å². The molecule has 0 heterocycles. The number of amides is 1. The Balaban J connectivity index is 4.42. The number of likely N-dealkylation sites (N-methyl/N-ethyl adjacent to an activating group) is 2. The van der Waals surface area contributed by atoms with Crippen molar-refractivity contribution in [2.45, 2.75) is 32.4 Å². The van der Waals surface area contributed by atoms with E-state index in [0.717, 1.165) is 0 Å². The molecule has 1 unspecified atom stereocenters. The van der Waals surface area contributed by atoms with Gasteiger partial charge in [-0.05, 0) is 27.8 Å². The van der Waals surface area contributed by atoms with E-state index in [4.69, 9.17) is 5.11 Å². The Kier molecular flexibility index (Phi) is 4.36. The van der Waals surface area contributed by atoms with Gasteiger partial charge in [0, 0.05) is 7.05 Å². The number of carbonyl (C=O) groups excluding carboxylic acids is 1. The first-order valence-corrected chi connectivity index (χ1v) is 4.42. The van der Waals surface area contributed by atoms with Crippen molar-refractivity contribution in [2.24, 2.45) is 0 Å². The molecule has 1 atom stereocenters. The summed E-state index contributed by atoms with van der Waals surface area (Å²) in [6.45, 7) is 5.42. The molecule has 4 nitrogen and oxygen atoms in total. The van der Waals surface area contributed by atoms with E-state index in [1.807, 2.05) is 13.8 Å². The summed E-state index contributed by atoms with van der Waals surface area (Å²) < 4.78 is 0. The first-order chi connectivity index (χ1) is 5.86. The Morgan fingerprint density at radius 3 is 2.38 bits per heavy atom. The van der Waals surface area contributed by atoms with Crippen molar-refractivity contribution in [1.82, 2.24) is 10.2 Å². The van der Waals surface area contributed by atoms with Crippen molar-refractivity contribution in [3.05, 3.63) is 0 Å². The molecule has 13 heavy (non-hydrogen) atoms. The van der Waals surface area contributed by atoms with Gasteiger partial charge < -0.3 is 15.3 Å². The van der Waals surface area contributed by atoms with Crippen LogP contribution in [0.25, 0.3) is 0 Å². The minimum Gasteiger partial charge on any atom is -0.394 e. The van der Waals surface area contributed by atoms with Crippen molar-refractivity contribution in [3.8, 4) is 0 Å². The second-order valence-corrected chi connectivity index (χ2v) is 3.88. The third-order valence-electron chi connectivity index (χ3n) is 2.43. The minimum absolute atomic E-state index is 0.0125. The van der Waals surface area contributed by atoms with Crippen LogP contribution < -0.4 is 5.32 Å². The third-order valence-corrected chi connectivity index (χ3v) is 2.43. The van der Waals surface area contributed by atoms with Gasteiger partial charge in [-0.2, -0.15) is 0 Å². The molecule has 0 radical (unpaired) electrons. The third kappa shape index (κ3) is 2.97. The zero-order valence-electron chi connectivity index (χ0n) is 9.09. The van der Waals surface area contributed by atoms with Gasteiger partial charge in [0.05, 0.1) is 18.2 Å². The highest BCUT2D eigenvalue weighted by Crippen LogP contribution is 2.11. The van der Waals surface area contributed by atoms with E-state index in [0.29, 0.717) is 0 Å². The molecule has 0 saturated carbocycles. The summed E-state index contributed by atoms with van der Waals surface area (Å²) in [5, 5.41) is 11.9. The SMILES string of the molecule is CNC(C)C(=O)N(C)C(C)(C)CO. The van der Waals surface area contributed by atoms with E-state index < -0.39 is 5.54 Å². The maximum atomic E-state index is 11.6. The number of aliphatic hydroxyl groups is 1. The van der Waals surface area contributed by atoms with Crippen LogP contribution >= 0.6 is 0 Å². The summed E-state index contributed by atoms with van der Waals surface area (Å²) in [5.41, 5.74) is -0.498. The minimum atomic E-state index is -0.498. The number of nitrogens with zero attached hydrogens (tertiary/aromatic N) is 1. The zero-order chi connectivity index (χ0) is 10.6. The molecule has 1 amide bonds. The quantitative estimate of drug-likeness (QED) is 0.643. The fraction of sp³-hybridized carbons (Fsp3) is 0.889. The predicted octanol–water partition coefficient (Wildman–Crippen LogP) is -0.176. The van der Waals surface area contributed by atoms with Gasteiger partial charge in [-0.3, -0.25) is 4.79 Å². The maximum Gasteiger partial charge on any atom is 0.239 e. The lowest BCUT2D eigenvalue weighted by molar-refractivity contribution is -0.137. The fourth-order valence-corrected chi connectivity index (χ4v) is 0.818. The maximum absolute atomic E-state index is 11.6. The fourth-order valence-electron chi connectivity index (χ4n) is 0.818. The normalized spacial score (nSPS) is 14.0. The standard InChI is InChI=1S/C9H20N2O2/c1-7(10-4)8(13)11(5)9(2,3)6-12/h7,10,12H,6H2,1-5H3. The summed E-state index contributed by atoms with van der Waals surface area (Å²) in [6.07, 6.45) is 0. The second-order valence-electron chi connectivity index (χ2n) is 3.88. The molecule has 0 fully saturated rings. The number of rotatable bonds is 4. The summed E-state index contributed by atoms with van der Waals surface area (Å²) in [6, 6.07) is -0.212. The van der Waals surface area contributed by atoms with Crippen LogP contribution in [-0.4, -0.2) is 48.2 Å². The molecule has 0 aliphatic carbocycles. The lowest BCUT2D eigenvalue weighted by Crippen LogP contribution is -2.53. The van der Waals surface area contributed by atoms with Gasteiger partial charge in [0.1, 0.15) is 0 Å². The summed E-state index contributed by atoms with van der Waals surface area (Å²) >= 11 is 0. The Bertz CT molecular complexity index is 180. The monoisotopic (exact) mass is 188 g/mol. The highest BCUT2D eigenvalue weighted by molar-refractivity contribution is 5.81. The Morgan fingerprint density at radius 1 is 1.62 bits per heavy atom. The molecular formula is C9H20N2O2. The van der Waals surface area contributed by atoms with Crippen molar-refractivity contribution in [3.63, 3.8) is 0 Å². The molecule has 0 bridgehead atoms. The summed E-state index contributed by atoms with van der Waals surface area (Å²) in [7, 11) is 3.44. The molecular weight excluding hydrogens is 168 g/mol. The number of nitrogens with one attached hydrogen (secondary N) is 1. The van der Waals surface area contributed by atoms with Gasteiger partial charge in [-0.25, -0.2) is 0 Å². The molecule has 0 aromatic rings. The van der Waals surface area contributed by atoms with E-state index in [2.05, 4.69) is 5.32 Å². The van der Waals surface area contributed by atoms with E-state index in [9.17, 15) is 4.79 Å². The molecule has 0 aliphatic rings. The van der Waals surface area contributed by atoms with E-state index >= 15 is 0 Å². The van der Waals surface area contributed by atoms with Crippen LogP contribution in [0.2, 0.25) is 0 Å². The molecule has 0 saturated heterocycles. The Hall–Kier alpha value is -0.610. The number of aliphatic hydroxyl groups excluding tert-OH is 1. The lowest BCUT2D eigenvalue weighted by atomic mass is 10.0. The topological polar surface area (TPSA) is 52.6 Å². The first-order valence-electron chi connectivity index (χ1n) is 4.42. The number of carbonyl (C=O) groups is 1. The Labute approximate surface area is 79.9 Å². The van der Waals surface area contributed by atoms with Crippen LogP contribution in [0.5, 0.6) is 0 Å². The zero-order valence-corrected chi connectivity index (χ0v) is 9.09. The highest BCUT2D eigenvalue weighted by atomic mass is 16.3. The number of hydrogen-bond donors (Lipinski definition) is 2. The van der Waals surface area contributed by atoms with Crippen LogP contribution in [0.1, 0.15) is 20.8 Å². The van der Waals surface area contributed by atoms with Crippen LogP contribution in [0.15, 0.2) is 0 Å². The van der Waals surface area contributed by atoms with E-state index in [1.54, 1.807) is 25.9 Å². The van der Waals surface area contributed by atoms with Gasteiger partial charge in [0.2, 0.25) is 5.91 Å². The van der Waals surface area contributed by atoms with Gasteiger partial charge >= 0.3 is 0 Å². The van der Waals surface area contributed by atoms with Gasteiger partial charge in [-0.15, -0.1) is 0 Å². The first kappa shape index (κ1) is 12.4. The van der Waals surface area contributed by atoms with Crippen LogP contribution in [0, 0.1) is 0 Å². The van der Waals surface area contributed by atoms with Crippen LogP contribution in [0.3, 0.4) is 0 Å². The van der Waals surface area contributed by atoms with Crippen molar-refractivity contribution >= 4 is 5.91 Å². The smallest absolute Gasteiger partial charge is 0.239 e. The average molecular weight is 188 g/mol. The lowest BCUT2D eigenvalue weighted by Gasteiger charge is -2.35. The predicted molar refractivity (Wildman–Crippen MR) is 52.5 cm³/mol. The number of hydrogen-bond acceptors (Lipinski definition) is 3. The summed E-state index contributed by atoms with van der Waals surface area (Å²) in [4.78, 5) is 13.2. The van der Waals surface area contributed by atoms with Gasteiger partial charge in [0.15, 0.2) is 0 Å². The molecule has 0 rings (SSSR count). The van der Waals surface area contributed by atoms with E-state index in [1.165, 1.54) is 0 Å². The van der Waals surface area contributed by atoms with Crippen LogP contribution in [0.4, 0.5) is 0 Å². The second kappa shape index (κ2) is 4.58. The van der Waals surface area contributed by atoms with E-state index in [-0.39, 0.29) is 18.6 Å².